The molecule has 112 valence electrons. The zero-order valence-corrected chi connectivity index (χ0v) is 12.9. The van der Waals surface area contributed by atoms with Crippen molar-refractivity contribution in [2.45, 2.75) is 31.2 Å². The third kappa shape index (κ3) is 4.17. The second-order valence-electron chi connectivity index (χ2n) is 5.45. The van der Waals surface area contributed by atoms with E-state index in [-0.39, 0.29) is 23.2 Å². The quantitative estimate of drug-likeness (QED) is 0.826. The third-order valence-corrected chi connectivity index (χ3v) is 4.22. The summed E-state index contributed by atoms with van der Waals surface area (Å²) >= 11 is 0. The summed E-state index contributed by atoms with van der Waals surface area (Å²) in [7, 11) is -2.51. The Bertz CT molecular complexity index is 593. The van der Waals surface area contributed by atoms with Gasteiger partial charge in [0.25, 0.3) is 0 Å². The van der Waals surface area contributed by atoms with E-state index in [0.29, 0.717) is 0 Å². The second kappa shape index (κ2) is 5.76. The Kier molecular flexibility index (Phi) is 4.72. The molecule has 20 heavy (non-hydrogen) atoms. The summed E-state index contributed by atoms with van der Waals surface area (Å²) in [5.74, 6) is -0.471. The maximum atomic E-state index is 12.3. The smallest absolute Gasteiger partial charge is 0.246 e. The number of hydrogen-bond acceptors (Lipinski definition) is 5. The minimum Gasteiger partial charge on any atom is -0.383 e. The number of pyridine rings is 1. The molecule has 0 spiro atoms. The van der Waals surface area contributed by atoms with Gasteiger partial charge >= 0.3 is 0 Å². The molecule has 0 atom stereocenters. The first-order valence-corrected chi connectivity index (χ1v) is 7.46. The highest BCUT2D eigenvalue weighted by Crippen LogP contribution is 2.18. The Balaban J connectivity index is 2.89. The molecular weight excluding hydrogens is 280 g/mol. The van der Waals surface area contributed by atoms with Crippen molar-refractivity contribution in [3.8, 4) is 0 Å². The van der Waals surface area contributed by atoms with Gasteiger partial charge in [-0.1, -0.05) is 0 Å². The lowest BCUT2D eigenvalue weighted by Crippen LogP contribution is -2.46. The molecule has 7 nitrogen and oxygen atoms in total. The fourth-order valence-corrected chi connectivity index (χ4v) is 2.72. The first-order chi connectivity index (χ1) is 9.04. The van der Waals surface area contributed by atoms with E-state index in [2.05, 4.69) is 10.3 Å². The van der Waals surface area contributed by atoms with E-state index < -0.39 is 15.6 Å². The number of anilines is 1. The summed E-state index contributed by atoms with van der Waals surface area (Å²) in [5, 5.41) is 2.70. The molecule has 3 N–H and O–H groups in total. The number of amides is 1. The lowest BCUT2D eigenvalue weighted by molar-refractivity contribution is -0.122. The molecule has 1 aromatic heterocycles. The zero-order valence-electron chi connectivity index (χ0n) is 12.0. The van der Waals surface area contributed by atoms with Gasteiger partial charge in [-0.05, 0) is 32.9 Å². The molecule has 0 fully saturated rings. The summed E-state index contributed by atoms with van der Waals surface area (Å²) in [6.07, 6.45) is 1.40. The Morgan fingerprint density at radius 1 is 1.45 bits per heavy atom. The van der Waals surface area contributed by atoms with Crippen LogP contribution in [-0.4, -0.2) is 42.7 Å². The number of hydrogen-bond donors (Lipinski definition) is 2. The van der Waals surface area contributed by atoms with Gasteiger partial charge in [0.15, 0.2) is 0 Å². The molecule has 0 saturated heterocycles. The van der Waals surface area contributed by atoms with Gasteiger partial charge in [0.1, 0.15) is 10.7 Å². The molecule has 1 heterocycles. The molecule has 0 aromatic carbocycles. The average Bonchev–Trinajstić information content (AvgIpc) is 2.26. The minimum absolute atomic E-state index is 0.0874. The van der Waals surface area contributed by atoms with Gasteiger partial charge in [-0.3, -0.25) is 4.79 Å². The van der Waals surface area contributed by atoms with Crippen LogP contribution in [0.3, 0.4) is 0 Å². The van der Waals surface area contributed by atoms with Crippen LogP contribution in [0.25, 0.3) is 0 Å². The lowest BCUT2D eigenvalue weighted by atomic mass is 10.1. The summed E-state index contributed by atoms with van der Waals surface area (Å²) in [4.78, 5) is 15.4. The fraction of sp³-hybridized carbons (Fsp3) is 0.500. The average molecular weight is 300 g/mol. The van der Waals surface area contributed by atoms with Crippen molar-refractivity contribution in [2.24, 2.45) is 0 Å². The molecule has 1 rings (SSSR count). The number of nitrogens with one attached hydrogen (secondary N) is 1. The number of carbonyl (C=O) groups is 1. The first-order valence-electron chi connectivity index (χ1n) is 6.02. The van der Waals surface area contributed by atoms with E-state index in [1.807, 2.05) is 20.8 Å². The normalized spacial score (nSPS) is 12.4. The summed E-state index contributed by atoms with van der Waals surface area (Å²) in [5.41, 5.74) is 5.14. The molecule has 0 aliphatic carbocycles. The van der Waals surface area contributed by atoms with Gasteiger partial charge in [0.05, 0.1) is 6.54 Å². The minimum atomic E-state index is -3.84. The van der Waals surface area contributed by atoms with Crippen molar-refractivity contribution < 1.29 is 13.2 Å². The second-order valence-corrected chi connectivity index (χ2v) is 7.46. The molecule has 0 saturated carbocycles. The van der Waals surface area contributed by atoms with Crippen LogP contribution in [-0.2, 0) is 14.8 Å². The fourth-order valence-electron chi connectivity index (χ4n) is 1.53. The Labute approximate surface area is 119 Å². The van der Waals surface area contributed by atoms with Gasteiger partial charge in [0.2, 0.25) is 15.9 Å². The van der Waals surface area contributed by atoms with E-state index >= 15 is 0 Å². The monoisotopic (exact) mass is 300 g/mol. The van der Waals surface area contributed by atoms with E-state index in [0.717, 1.165) is 4.31 Å². The highest BCUT2D eigenvalue weighted by atomic mass is 32.2. The maximum absolute atomic E-state index is 12.3. The number of carbonyl (C=O) groups excluding carboxylic acids is 1. The molecule has 1 amide bonds. The molecule has 0 unspecified atom stereocenters. The molecule has 0 radical (unpaired) electrons. The van der Waals surface area contributed by atoms with Gasteiger partial charge in [-0.25, -0.2) is 13.4 Å². The Morgan fingerprint density at radius 2 is 2.05 bits per heavy atom. The van der Waals surface area contributed by atoms with E-state index in [1.165, 1.54) is 25.4 Å². The molecule has 8 heteroatoms. The van der Waals surface area contributed by atoms with Crippen LogP contribution in [0.4, 0.5) is 5.82 Å². The van der Waals surface area contributed by atoms with Gasteiger partial charge in [-0.15, -0.1) is 0 Å². The van der Waals surface area contributed by atoms with Crippen LogP contribution in [0, 0.1) is 0 Å². The number of nitrogens with two attached hydrogens (primary N) is 1. The van der Waals surface area contributed by atoms with Gasteiger partial charge in [0, 0.05) is 18.8 Å². The lowest BCUT2D eigenvalue weighted by Gasteiger charge is -2.23. The summed E-state index contributed by atoms with van der Waals surface area (Å²) in [6.45, 7) is 5.17. The number of aromatic nitrogens is 1. The number of sulfonamides is 1. The predicted molar refractivity (Wildman–Crippen MR) is 76.4 cm³/mol. The molecule has 1 aromatic rings. The third-order valence-electron chi connectivity index (χ3n) is 2.37. The van der Waals surface area contributed by atoms with Crippen LogP contribution in [0.1, 0.15) is 20.8 Å². The number of nitrogen functional groups attached to an aromatic ring is 1. The highest BCUT2D eigenvalue weighted by Gasteiger charge is 2.26. The van der Waals surface area contributed by atoms with Gasteiger partial charge in [-0.2, -0.15) is 4.31 Å². The van der Waals surface area contributed by atoms with Crippen molar-refractivity contribution in [3.63, 3.8) is 0 Å². The van der Waals surface area contributed by atoms with Crippen LogP contribution >= 0.6 is 0 Å². The van der Waals surface area contributed by atoms with Crippen LogP contribution in [0.2, 0.25) is 0 Å². The van der Waals surface area contributed by atoms with Crippen LogP contribution in [0.15, 0.2) is 23.2 Å². The first kappa shape index (κ1) is 16.4. The van der Waals surface area contributed by atoms with E-state index in [4.69, 9.17) is 5.73 Å². The number of nitrogens with zero attached hydrogens (tertiary/aromatic N) is 2. The Hall–Kier alpha value is -1.67. The number of rotatable bonds is 4. The van der Waals surface area contributed by atoms with Crippen molar-refractivity contribution >= 4 is 21.7 Å². The SMILES string of the molecule is CN(CC(=O)NC(C)(C)C)S(=O)(=O)c1cccnc1N. The molecule has 0 aliphatic heterocycles. The van der Waals surface area contributed by atoms with Gasteiger partial charge < -0.3 is 11.1 Å². The molecule has 0 aliphatic rings. The maximum Gasteiger partial charge on any atom is 0.246 e. The zero-order chi connectivity index (χ0) is 15.6. The predicted octanol–water partition coefficient (Wildman–Crippen LogP) is 0.199. The topological polar surface area (TPSA) is 105 Å². The Morgan fingerprint density at radius 3 is 2.55 bits per heavy atom. The summed E-state index contributed by atoms with van der Waals surface area (Å²) < 4.78 is 25.5. The van der Waals surface area contributed by atoms with Crippen LogP contribution in [0.5, 0.6) is 0 Å². The standard InChI is InChI=1S/C12H20N4O3S/c1-12(2,3)15-10(17)8-16(4)20(18,19)9-6-5-7-14-11(9)13/h5-7H,8H2,1-4H3,(H2,13,14)(H,15,17). The van der Waals surface area contributed by atoms with E-state index in [1.54, 1.807) is 0 Å². The molecular formula is C12H20N4O3S. The molecule has 0 bridgehead atoms. The van der Waals surface area contributed by atoms with Crippen molar-refractivity contribution in [1.82, 2.24) is 14.6 Å². The highest BCUT2D eigenvalue weighted by molar-refractivity contribution is 7.89. The van der Waals surface area contributed by atoms with Crippen molar-refractivity contribution in [1.29, 1.82) is 0 Å². The van der Waals surface area contributed by atoms with Crippen molar-refractivity contribution in [3.05, 3.63) is 18.3 Å². The van der Waals surface area contributed by atoms with Crippen molar-refractivity contribution in [2.75, 3.05) is 19.3 Å². The van der Waals surface area contributed by atoms with Crippen LogP contribution < -0.4 is 11.1 Å². The number of likely N-dealkylation sites (N-methyl/N-ethyl adjacent to an activating group) is 1. The largest absolute Gasteiger partial charge is 0.383 e. The van der Waals surface area contributed by atoms with E-state index in [9.17, 15) is 13.2 Å². The summed E-state index contributed by atoms with van der Waals surface area (Å²) in [6, 6.07) is 2.84.